The average Bonchev–Trinajstić information content (AvgIpc) is 2.44. The van der Waals surface area contributed by atoms with E-state index in [1.807, 2.05) is 49.3 Å². The maximum absolute atomic E-state index is 5.72. The minimum atomic E-state index is -1.20. The van der Waals surface area contributed by atoms with Crippen LogP contribution in [-0.4, -0.2) is 54.7 Å². The summed E-state index contributed by atoms with van der Waals surface area (Å²) in [5.41, 5.74) is 0. The van der Waals surface area contributed by atoms with Gasteiger partial charge in [0.15, 0.2) is 0 Å². The first-order valence-electron chi connectivity index (χ1n) is 7.17. The molecule has 0 fully saturated rings. The first kappa shape index (κ1) is 21.0. The van der Waals surface area contributed by atoms with Gasteiger partial charge in [0.25, 0.3) is 0 Å². The third-order valence-corrected chi connectivity index (χ3v) is 11.4. The zero-order chi connectivity index (χ0) is 15.4. The second kappa shape index (κ2) is 13.6. The van der Waals surface area contributed by atoms with Crippen molar-refractivity contribution in [2.75, 3.05) is 26.4 Å². The van der Waals surface area contributed by atoms with Gasteiger partial charge in [0.05, 0.1) is 9.75 Å². The van der Waals surface area contributed by atoms with Crippen LogP contribution in [0.4, 0.5) is 0 Å². The van der Waals surface area contributed by atoms with E-state index in [1.54, 1.807) is 0 Å². The first-order chi connectivity index (χ1) is 9.60. The molecular formula is C12H28O4S2Si2. The summed E-state index contributed by atoms with van der Waals surface area (Å²) in [7, 11) is 1.27. The summed E-state index contributed by atoms with van der Waals surface area (Å²) in [6.45, 7) is 15.3. The minimum absolute atomic E-state index is 0.374. The molecule has 0 saturated carbocycles. The standard InChI is InChI=1S/C12H28O4S2Si2/c1-7-13-19(14-8-2)11(5)17-18-12(6)20(15-9-3)16-10-4/h11-12H,7-10H2,1-6H3. The van der Waals surface area contributed by atoms with Gasteiger partial charge in [0, 0.05) is 26.4 Å². The normalized spacial score (nSPS) is 15.0. The number of hydrogen-bond acceptors (Lipinski definition) is 6. The Kier molecular flexibility index (Phi) is 14.3. The van der Waals surface area contributed by atoms with E-state index >= 15 is 0 Å². The predicted molar refractivity (Wildman–Crippen MR) is 92.1 cm³/mol. The summed E-state index contributed by atoms with van der Waals surface area (Å²) in [4.78, 5) is 0.748. The predicted octanol–water partition coefficient (Wildman–Crippen LogP) is 3.35. The topological polar surface area (TPSA) is 36.9 Å². The Bertz CT molecular complexity index is 194. The zero-order valence-corrected chi connectivity index (χ0v) is 17.1. The molecule has 0 aromatic heterocycles. The lowest BCUT2D eigenvalue weighted by molar-refractivity contribution is 0.212. The van der Waals surface area contributed by atoms with Gasteiger partial charge in [-0.15, -0.1) is 0 Å². The van der Waals surface area contributed by atoms with Crippen molar-refractivity contribution < 1.29 is 17.7 Å². The Labute approximate surface area is 135 Å². The Morgan fingerprint density at radius 3 is 1.10 bits per heavy atom. The highest BCUT2D eigenvalue weighted by Gasteiger charge is 2.29. The third kappa shape index (κ3) is 9.09. The van der Waals surface area contributed by atoms with Crippen molar-refractivity contribution in [1.29, 1.82) is 0 Å². The molecule has 120 valence electrons. The first-order valence-corrected chi connectivity index (χ1v) is 12.2. The van der Waals surface area contributed by atoms with Crippen molar-refractivity contribution in [3.8, 4) is 0 Å². The molecule has 0 heterocycles. The lowest BCUT2D eigenvalue weighted by Gasteiger charge is -2.22. The molecule has 2 unspecified atom stereocenters. The average molecular weight is 357 g/mol. The van der Waals surface area contributed by atoms with Gasteiger partial charge in [-0.1, -0.05) is 35.4 Å². The van der Waals surface area contributed by atoms with E-state index in [1.165, 1.54) is 0 Å². The molecule has 0 amide bonds. The van der Waals surface area contributed by atoms with Gasteiger partial charge in [0.2, 0.25) is 0 Å². The number of hydrogen-bond donors (Lipinski definition) is 0. The van der Waals surface area contributed by atoms with Gasteiger partial charge >= 0.3 is 18.6 Å². The van der Waals surface area contributed by atoms with Crippen molar-refractivity contribution in [3.63, 3.8) is 0 Å². The van der Waals surface area contributed by atoms with E-state index in [2.05, 4.69) is 13.8 Å². The molecule has 0 bridgehead atoms. The molecule has 2 radical (unpaired) electrons. The summed E-state index contributed by atoms with van der Waals surface area (Å²) in [6, 6.07) is 0. The van der Waals surface area contributed by atoms with E-state index < -0.39 is 18.6 Å². The highest BCUT2D eigenvalue weighted by atomic mass is 33.1. The lowest BCUT2D eigenvalue weighted by Crippen LogP contribution is -2.35. The minimum Gasteiger partial charge on any atom is -0.393 e. The molecule has 4 nitrogen and oxygen atoms in total. The largest absolute Gasteiger partial charge is 0.399 e. The summed E-state index contributed by atoms with van der Waals surface area (Å²) in [5.74, 6) is 0. The Hall–Kier alpha value is 0.974. The van der Waals surface area contributed by atoms with E-state index in [-0.39, 0.29) is 0 Å². The fourth-order valence-electron chi connectivity index (χ4n) is 1.37. The van der Waals surface area contributed by atoms with Crippen molar-refractivity contribution in [1.82, 2.24) is 0 Å². The van der Waals surface area contributed by atoms with Crippen LogP contribution in [-0.2, 0) is 17.7 Å². The van der Waals surface area contributed by atoms with Crippen molar-refractivity contribution >= 4 is 40.2 Å². The van der Waals surface area contributed by atoms with Crippen LogP contribution in [0.5, 0.6) is 0 Å². The zero-order valence-electron chi connectivity index (χ0n) is 13.4. The van der Waals surface area contributed by atoms with E-state index in [9.17, 15) is 0 Å². The molecule has 2 atom stereocenters. The van der Waals surface area contributed by atoms with Crippen LogP contribution in [0.1, 0.15) is 41.5 Å². The van der Waals surface area contributed by atoms with Gasteiger partial charge in [-0.25, -0.2) is 0 Å². The van der Waals surface area contributed by atoms with Gasteiger partial charge in [-0.3, -0.25) is 0 Å². The molecular weight excluding hydrogens is 328 g/mol. The van der Waals surface area contributed by atoms with Crippen LogP contribution in [0.2, 0.25) is 0 Å². The summed E-state index contributed by atoms with van der Waals surface area (Å²) in [6.07, 6.45) is 0. The molecule has 0 aromatic carbocycles. The quantitative estimate of drug-likeness (QED) is 0.372. The molecule has 0 rings (SSSR count). The summed E-state index contributed by atoms with van der Waals surface area (Å²) < 4.78 is 22.9. The van der Waals surface area contributed by atoms with Crippen LogP contribution in [0, 0.1) is 0 Å². The van der Waals surface area contributed by atoms with Crippen molar-refractivity contribution in [2.45, 2.75) is 51.3 Å². The van der Waals surface area contributed by atoms with Crippen molar-refractivity contribution in [3.05, 3.63) is 0 Å². The Balaban J connectivity index is 4.20. The summed E-state index contributed by atoms with van der Waals surface area (Å²) >= 11 is 0. The van der Waals surface area contributed by atoms with Gasteiger partial charge < -0.3 is 17.7 Å². The van der Waals surface area contributed by atoms with Crippen molar-refractivity contribution in [2.24, 2.45) is 0 Å². The monoisotopic (exact) mass is 356 g/mol. The van der Waals surface area contributed by atoms with Crippen LogP contribution < -0.4 is 0 Å². The fraction of sp³-hybridized carbons (Fsp3) is 1.00. The smallest absolute Gasteiger partial charge is 0.393 e. The van der Waals surface area contributed by atoms with Crippen LogP contribution >= 0.6 is 21.6 Å². The molecule has 20 heavy (non-hydrogen) atoms. The van der Waals surface area contributed by atoms with Gasteiger partial charge in [-0.2, -0.15) is 0 Å². The maximum Gasteiger partial charge on any atom is 0.399 e. The molecule has 0 aliphatic carbocycles. The third-order valence-electron chi connectivity index (χ3n) is 2.15. The highest BCUT2D eigenvalue weighted by molar-refractivity contribution is 8.77. The Morgan fingerprint density at radius 2 is 0.900 bits per heavy atom. The SMILES string of the molecule is CCO[Si](OCC)C(C)SSC(C)[Si](OCC)OCC. The van der Waals surface area contributed by atoms with E-state index in [0.29, 0.717) is 36.2 Å². The van der Waals surface area contributed by atoms with Crippen LogP contribution in [0.15, 0.2) is 0 Å². The second-order valence-corrected chi connectivity index (χ2v) is 11.8. The summed E-state index contributed by atoms with van der Waals surface area (Å²) in [5, 5.41) is 0. The van der Waals surface area contributed by atoms with E-state index in [0.717, 1.165) is 0 Å². The lowest BCUT2D eigenvalue weighted by atomic mass is 10.9. The Morgan fingerprint density at radius 1 is 0.650 bits per heavy atom. The fourth-order valence-corrected chi connectivity index (χ4v) is 8.80. The molecule has 0 aliphatic heterocycles. The maximum atomic E-state index is 5.72. The second-order valence-electron chi connectivity index (χ2n) is 3.85. The molecule has 8 heteroatoms. The van der Waals surface area contributed by atoms with E-state index in [4.69, 9.17) is 17.7 Å². The molecule has 0 aliphatic rings. The highest BCUT2D eigenvalue weighted by Crippen LogP contribution is 2.33. The van der Waals surface area contributed by atoms with Gasteiger partial charge in [0.1, 0.15) is 0 Å². The molecule has 0 N–H and O–H groups in total. The van der Waals surface area contributed by atoms with Crippen LogP contribution in [0.3, 0.4) is 0 Å². The molecule has 0 aromatic rings. The van der Waals surface area contributed by atoms with Gasteiger partial charge in [-0.05, 0) is 27.7 Å². The molecule has 0 saturated heterocycles. The number of rotatable bonds is 13. The molecule has 0 spiro atoms. The van der Waals surface area contributed by atoms with Crippen LogP contribution in [0.25, 0.3) is 0 Å².